The van der Waals surface area contributed by atoms with E-state index in [1.54, 1.807) is 0 Å². The van der Waals surface area contributed by atoms with Gasteiger partial charge in [-0.05, 0) is 0 Å². The molecule has 0 fully saturated rings. The maximum atomic E-state index is 3.46. The third-order valence-corrected chi connectivity index (χ3v) is 4.76. The Morgan fingerprint density at radius 2 is 1.56 bits per heavy atom. The van der Waals surface area contributed by atoms with Crippen molar-refractivity contribution in [3.05, 3.63) is 64.7 Å². The molecule has 1 aromatic heterocycles. The van der Waals surface area contributed by atoms with Crippen molar-refractivity contribution in [3.63, 3.8) is 0 Å². The van der Waals surface area contributed by atoms with Gasteiger partial charge in [0.05, 0.1) is 0 Å². The fraction of sp³-hybridized carbons (Fsp3) is 0. The summed E-state index contributed by atoms with van der Waals surface area (Å²) in [5.74, 6) is 0. The number of aromatic amines is 1. The van der Waals surface area contributed by atoms with Crippen molar-refractivity contribution in [1.82, 2.24) is 0 Å². The number of hydrogen-bond donors (Lipinski definition) is 0. The third kappa shape index (κ3) is 3.10. The Labute approximate surface area is 129 Å². The monoisotopic (exact) mass is 413 g/mol. The van der Waals surface area contributed by atoms with E-state index in [-0.39, 0.29) is 24.0 Å². The minimum atomic E-state index is 0. The molecule has 0 bridgehead atoms. The van der Waals surface area contributed by atoms with Gasteiger partial charge >= 0.3 is 106 Å². The molecule has 18 heavy (non-hydrogen) atoms. The summed E-state index contributed by atoms with van der Waals surface area (Å²) in [6.07, 6.45) is 4.35. The zero-order valence-electron chi connectivity index (χ0n) is 9.64. The number of benzene rings is 2. The smallest absolute Gasteiger partial charge is 1.00 e. The molecule has 0 spiro atoms. The zero-order chi connectivity index (χ0) is 11.5. The molecular formula is C15H12INSe. The summed E-state index contributed by atoms with van der Waals surface area (Å²) in [7, 11) is 0. The molecule has 2 aromatic carbocycles. The number of aromatic nitrogens is 1. The maximum Gasteiger partial charge on any atom is -1.00 e. The molecule has 0 unspecified atom stereocenters. The summed E-state index contributed by atoms with van der Waals surface area (Å²) in [5.41, 5.74) is 2.51. The maximum absolute atomic E-state index is 3.46. The Morgan fingerprint density at radius 1 is 0.833 bits per heavy atom. The van der Waals surface area contributed by atoms with Crippen LogP contribution in [0.5, 0.6) is 0 Å². The SMILES string of the molecule is C(=Cc1[nH+]c2ccccc2[se]1)c1ccccc1.[I-]. The number of fused-ring (bicyclic) bond motifs is 1. The van der Waals surface area contributed by atoms with Crippen LogP contribution in [-0.2, 0) is 0 Å². The van der Waals surface area contributed by atoms with Crippen molar-refractivity contribution in [2.24, 2.45) is 0 Å². The molecule has 0 aliphatic rings. The summed E-state index contributed by atoms with van der Waals surface area (Å²) >= 11 is 0.419. The summed E-state index contributed by atoms with van der Waals surface area (Å²) in [4.78, 5) is 3.46. The molecule has 0 saturated carbocycles. The van der Waals surface area contributed by atoms with Gasteiger partial charge in [0.1, 0.15) is 0 Å². The molecule has 0 radical (unpaired) electrons. The van der Waals surface area contributed by atoms with Crippen LogP contribution in [0.15, 0.2) is 54.6 Å². The average molecular weight is 412 g/mol. The first kappa shape index (κ1) is 13.5. The van der Waals surface area contributed by atoms with Crippen LogP contribution in [0.4, 0.5) is 0 Å². The van der Waals surface area contributed by atoms with E-state index in [9.17, 15) is 0 Å². The van der Waals surface area contributed by atoms with Gasteiger partial charge < -0.3 is 24.0 Å². The number of hydrogen-bond acceptors (Lipinski definition) is 0. The molecule has 0 amide bonds. The van der Waals surface area contributed by atoms with Crippen molar-refractivity contribution >= 4 is 36.4 Å². The van der Waals surface area contributed by atoms with Gasteiger partial charge in [-0.3, -0.25) is 0 Å². The van der Waals surface area contributed by atoms with E-state index >= 15 is 0 Å². The number of halogens is 1. The minimum absolute atomic E-state index is 0. The van der Waals surface area contributed by atoms with Crippen LogP contribution < -0.4 is 29.0 Å². The first-order chi connectivity index (χ1) is 8.42. The fourth-order valence-corrected chi connectivity index (χ4v) is 3.66. The first-order valence-electron chi connectivity index (χ1n) is 5.56. The zero-order valence-corrected chi connectivity index (χ0v) is 13.5. The van der Waals surface area contributed by atoms with Crippen molar-refractivity contribution in [1.29, 1.82) is 0 Å². The van der Waals surface area contributed by atoms with Crippen LogP contribution in [-0.4, -0.2) is 14.5 Å². The Morgan fingerprint density at radius 3 is 2.33 bits per heavy atom. The normalized spacial score (nSPS) is 10.7. The summed E-state index contributed by atoms with van der Waals surface area (Å²) < 4.78 is 2.76. The standard InChI is InChI=1S/C15H11NSe.HI/c1-2-6-12(7-3-1)10-11-15-16-13-8-4-5-9-14(13)17-15;/h1-11H;1H. The summed E-state index contributed by atoms with van der Waals surface area (Å²) in [5, 5.41) is 0. The van der Waals surface area contributed by atoms with E-state index < -0.39 is 0 Å². The van der Waals surface area contributed by atoms with E-state index in [4.69, 9.17) is 0 Å². The van der Waals surface area contributed by atoms with Crippen LogP contribution >= 0.6 is 0 Å². The van der Waals surface area contributed by atoms with E-state index in [1.165, 1.54) is 19.9 Å². The molecule has 1 nitrogen and oxygen atoms in total. The third-order valence-electron chi connectivity index (χ3n) is 2.59. The molecular weight excluding hydrogens is 400 g/mol. The van der Waals surface area contributed by atoms with Crippen molar-refractivity contribution in [2.75, 3.05) is 0 Å². The van der Waals surface area contributed by atoms with Crippen LogP contribution in [0.3, 0.4) is 0 Å². The number of para-hydroxylation sites is 1. The van der Waals surface area contributed by atoms with Crippen LogP contribution in [0.25, 0.3) is 21.9 Å². The molecule has 90 valence electrons. The molecule has 0 aliphatic carbocycles. The van der Waals surface area contributed by atoms with Crippen molar-refractivity contribution in [3.8, 4) is 0 Å². The van der Waals surface area contributed by atoms with Crippen molar-refractivity contribution in [2.45, 2.75) is 0 Å². The Balaban J connectivity index is 0.00000120. The quantitative estimate of drug-likeness (QED) is 0.412. The largest absolute Gasteiger partial charge is 1.00 e. The van der Waals surface area contributed by atoms with Gasteiger partial charge in [-0.1, -0.05) is 0 Å². The van der Waals surface area contributed by atoms with Crippen LogP contribution in [0.1, 0.15) is 10.1 Å². The molecule has 1 N–H and O–H groups in total. The second-order valence-electron chi connectivity index (χ2n) is 3.83. The molecule has 0 aliphatic heterocycles. The molecule has 0 saturated heterocycles. The average Bonchev–Trinajstić information content (AvgIpc) is 2.80. The molecule has 3 rings (SSSR count). The molecule has 1 heterocycles. The van der Waals surface area contributed by atoms with E-state index in [1.807, 2.05) is 6.07 Å². The van der Waals surface area contributed by atoms with Crippen LogP contribution in [0, 0.1) is 0 Å². The first-order valence-corrected chi connectivity index (χ1v) is 7.27. The second-order valence-corrected chi connectivity index (χ2v) is 6.11. The Hall–Kier alpha value is -0.901. The summed E-state index contributed by atoms with van der Waals surface area (Å²) in [6, 6.07) is 18.9. The van der Waals surface area contributed by atoms with Crippen molar-refractivity contribution < 1.29 is 29.0 Å². The van der Waals surface area contributed by atoms with E-state index in [0.29, 0.717) is 14.5 Å². The predicted octanol–water partition coefficient (Wildman–Crippen LogP) is -0.115. The van der Waals surface area contributed by atoms with Gasteiger partial charge in [-0.2, -0.15) is 0 Å². The minimum Gasteiger partial charge on any atom is -1.00 e. The topological polar surface area (TPSA) is 14.1 Å². The number of nitrogens with one attached hydrogen (secondary N) is 1. The van der Waals surface area contributed by atoms with Gasteiger partial charge in [0, 0.05) is 0 Å². The second kappa shape index (κ2) is 6.32. The van der Waals surface area contributed by atoms with Gasteiger partial charge in [0.15, 0.2) is 0 Å². The number of H-pyrrole nitrogens is 1. The van der Waals surface area contributed by atoms with E-state index in [2.05, 4.69) is 65.7 Å². The molecule has 3 heteroatoms. The van der Waals surface area contributed by atoms with Crippen LogP contribution in [0.2, 0.25) is 0 Å². The fourth-order valence-electron chi connectivity index (χ4n) is 1.75. The molecule has 0 atom stereocenters. The predicted molar refractivity (Wildman–Crippen MR) is 72.8 cm³/mol. The van der Waals surface area contributed by atoms with Gasteiger partial charge in [-0.25, -0.2) is 0 Å². The van der Waals surface area contributed by atoms with Gasteiger partial charge in [0.25, 0.3) is 0 Å². The number of rotatable bonds is 2. The molecule has 3 aromatic rings. The summed E-state index contributed by atoms with van der Waals surface area (Å²) in [6.45, 7) is 0. The Bertz CT molecular complexity index is 625. The Kier molecular flexibility index (Phi) is 4.75. The van der Waals surface area contributed by atoms with Gasteiger partial charge in [-0.15, -0.1) is 0 Å². The van der Waals surface area contributed by atoms with Gasteiger partial charge in [0.2, 0.25) is 0 Å². The van der Waals surface area contributed by atoms with E-state index in [0.717, 1.165) is 0 Å².